The van der Waals surface area contributed by atoms with Crippen molar-refractivity contribution in [1.29, 1.82) is 0 Å². The van der Waals surface area contributed by atoms with Crippen molar-refractivity contribution in [2.45, 2.75) is 26.7 Å². The number of thiophene rings is 1. The highest BCUT2D eigenvalue weighted by atomic mass is 35.5. The van der Waals surface area contributed by atoms with E-state index >= 15 is 0 Å². The average Bonchev–Trinajstić information content (AvgIpc) is 3.27. The fourth-order valence-electron chi connectivity index (χ4n) is 3.54. The van der Waals surface area contributed by atoms with Gasteiger partial charge in [-0.05, 0) is 48.7 Å². The van der Waals surface area contributed by atoms with Crippen LogP contribution in [0.2, 0.25) is 5.02 Å². The van der Waals surface area contributed by atoms with Crippen LogP contribution in [0, 0.1) is 0 Å². The molecule has 0 saturated heterocycles. The number of esters is 1. The zero-order valence-corrected chi connectivity index (χ0v) is 21.5. The molecule has 8 nitrogen and oxygen atoms in total. The Balaban J connectivity index is 1.66. The molecule has 0 unspecified atom stereocenters. The highest BCUT2D eigenvalue weighted by Gasteiger charge is 2.23. The smallest absolute Gasteiger partial charge is 0.359 e. The van der Waals surface area contributed by atoms with Gasteiger partial charge in [0, 0.05) is 15.8 Å². The van der Waals surface area contributed by atoms with E-state index in [1.54, 1.807) is 36.6 Å². The minimum Gasteiger partial charge on any atom is -0.484 e. The first kappa shape index (κ1) is 25.4. The van der Waals surface area contributed by atoms with Crippen molar-refractivity contribution in [2.24, 2.45) is 0 Å². The number of nitrogens with one attached hydrogen (secondary N) is 1. The summed E-state index contributed by atoms with van der Waals surface area (Å²) in [7, 11) is 0. The van der Waals surface area contributed by atoms with Crippen molar-refractivity contribution in [2.75, 3.05) is 18.5 Å². The molecule has 0 spiro atoms. The lowest BCUT2D eigenvalue weighted by atomic mass is 10.0. The standard InChI is InChI=1S/C26H24ClN3O5S/c1-4-34-26(33)23-20-14-36-24(22(20)25(32)30(29-23)18-7-5-6-17(27)12-18)28-21(31)13-35-19-10-8-16(9-11-19)15(2)3/h5-12,14-15H,4,13H2,1-3H3,(H,28,31). The molecule has 0 aliphatic carbocycles. The van der Waals surface area contributed by atoms with Gasteiger partial charge in [0.05, 0.1) is 17.7 Å². The van der Waals surface area contributed by atoms with Crippen LogP contribution in [0.5, 0.6) is 5.75 Å². The summed E-state index contributed by atoms with van der Waals surface area (Å²) in [6.07, 6.45) is 0. The van der Waals surface area contributed by atoms with Crippen LogP contribution in [0.3, 0.4) is 0 Å². The molecule has 2 aromatic heterocycles. The summed E-state index contributed by atoms with van der Waals surface area (Å²) in [5, 5.41) is 9.70. The average molecular weight is 526 g/mol. The van der Waals surface area contributed by atoms with Gasteiger partial charge < -0.3 is 14.8 Å². The third-order valence-electron chi connectivity index (χ3n) is 5.34. The SMILES string of the molecule is CCOC(=O)c1nn(-c2cccc(Cl)c2)c(=O)c2c(NC(=O)COc3ccc(C(C)C)cc3)scc12. The summed E-state index contributed by atoms with van der Waals surface area (Å²) in [6.45, 7) is 5.76. The molecule has 0 atom stereocenters. The molecule has 0 aliphatic rings. The number of nitrogens with zero attached hydrogens (tertiary/aromatic N) is 2. The van der Waals surface area contributed by atoms with E-state index in [2.05, 4.69) is 24.3 Å². The monoisotopic (exact) mass is 525 g/mol. The molecule has 186 valence electrons. The summed E-state index contributed by atoms with van der Waals surface area (Å²) in [4.78, 5) is 38.8. The number of carbonyl (C=O) groups excluding carboxylic acids is 2. The molecule has 36 heavy (non-hydrogen) atoms. The molecule has 0 fully saturated rings. The summed E-state index contributed by atoms with van der Waals surface area (Å²) in [5.41, 5.74) is 0.988. The van der Waals surface area contributed by atoms with Gasteiger partial charge in [0.15, 0.2) is 12.3 Å². The van der Waals surface area contributed by atoms with E-state index in [4.69, 9.17) is 21.1 Å². The van der Waals surface area contributed by atoms with Gasteiger partial charge in [-0.25, -0.2) is 4.79 Å². The zero-order valence-electron chi connectivity index (χ0n) is 19.9. The van der Waals surface area contributed by atoms with Gasteiger partial charge in [-0.1, -0.05) is 43.6 Å². The largest absolute Gasteiger partial charge is 0.484 e. The Morgan fingerprint density at radius 1 is 1.17 bits per heavy atom. The van der Waals surface area contributed by atoms with E-state index < -0.39 is 17.4 Å². The number of rotatable bonds is 8. The number of anilines is 1. The van der Waals surface area contributed by atoms with Crippen molar-refractivity contribution in [1.82, 2.24) is 9.78 Å². The maximum absolute atomic E-state index is 13.4. The van der Waals surface area contributed by atoms with E-state index in [-0.39, 0.29) is 29.3 Å². The summed E-state index contributed by atoms with van der Waals surface area (Å²) in [6, 6.07) is 14.0. The number of halogens is 1. The van der Waals surface area contributed by atoms with E-state index in [1.165, 1.54) is 5.56 Å². The van der Waals surface area contributed by atoms with Crippen LogP contribution in [0.1, 0.15) is 42.7 Å². The van der Waals surface area contributed by atoms with Gasteiger partial charge in [-0.2, -0.15) is 9.78 Å². The van der Waals surface area contributed by atoms with Gasteiger partial charge in [0.1, 0.15) is 10.8 Å². The number of fused-ring (bicyclic) bond motifs is 1. The van der Waals surface area contributed by atoms with Gasteiger partial charge in [0.2, 0.25) is 0 Å². The summed E-state index contributed by atoms with van der Waals surface area (Å²) >= 11 is 7.22. The van der Waals surface area contributed by atoms with Crippen LogP contribution >= 0.6 is 22.9 Å². The van der Waals surface area contributed by atoms with Crippen molar-refractivity contribution in [3.05, 3.63) is 80.5 Å². The molecule has 0 bridgehead atoms. The highest BCUT2D eigenvalue weighted by molar-refractivity contribution is 7.16. The summed E-state index contributed by atoms with van der Waals surface area (Å²) in [5.74, 6) is -0.181. The minimum absolute atomic E-state index is 0.0373. The quantitative estimate of drug-likeness (QED) is 0.308. The van der Waals surface area contributed by atoms with E-state index in [0.29, 0.717) is 27.8 Å². The number of carbonyl (C=O) groups is 2. The normalized spacial score (nSPS) is 11.0. The Hall–Kier alpha value is -3.69. The predicted molar refractivity (Wildman–Crippen MR) is 141 cm³/mol. The topological polar surface area (TPSA) is 99.5 Å². The first-order valence-corrected chi connectivity index (χ1v) is 12.5. The molecule has 4 aromatic rings. The molecular formula is C26H24ClN3O5S. The predicted octanol–water partition coefficient (Wildman–Crippen LogP) is 5.42. The first-order valence-electron chi connectivity index (χ1n) is 11.3. The lowest BCUT2D eigenvalue weighted by molar-refractivity contribution is -0.118. The number of benzene rings is 2. The van der Waals surface area contributed by atoms with Gasteiger partial charge in [0.25, 0.3) is 11.5 Å². The summed E-state index contributed by atoms with van der Waals surface area (Å²) < 4.78 is 11.8. The van der Waals surface area contributed by atoms with E-state index in [0.717, 1.165) is 16.0 Å². The maximum atomic E-state index is 13.4. The number of hydrogen-bond acceptors (Lipinski definition) is 7. The van der Waals surface area contributed by atoms with Crippen molar-refractivity contribution in [3.63, 3.8) is 0 Å². The molecule has 0 radical (unpaired) electrons. The molecule has 4 rings (SSSR count). The molecule has 2 aromatic carbocycles. The molecule has 10 heteroatoms. The number of ether oxygens (including phenoxy) is 2. The Bertz CT molecular complexity index is 1480. The third-order valence-corrected chi connectivity index (χ3v) is 6.47. The fraction of sp³-hybridized carbons (Fsp3) is 0.231. The molecule has 0 aliphatic heterocycles. The second-order valence-electron chi connectivity index (χ2n) is 8.18. The van der Waals surface area contributed by atoms with Gasteiger partial charge in [-0.15, -0.1) is 11.3 Å². The second-order valence-corrected chi connectivity index (χ2v) is 9.50. The molecule has 0 saturated carbocycles. The van der Waals surface area contributed by atoms with Crippen LogP contribution < -0.4 is 15.6 Å². The first-order chi connectivity index (χ1) is 17.3. The van der Waals surface area contributed by atoms with Crippen molar-refractivity contribution >= 4 is 50.6 Å². The van der Waals surface area contributed by atoms with Crippen LogP contribution in [-0.4, -0.2) is 34.9 Å². The second kappa shape index (κ2) is 10.9. The Kier molecular flexibility index (Phi) is 7.71. The van der Waals surface area contributed by atoms with Crippen molar-refractivity contribution in [3.8, 4) is 11.4 Å². The molecular weight excluding hydrogens is 502 g/mol. The lowest BCUT2D eigenvalue weighted by Gasteiger charge is -2.11. The van der Waals surface area contributed by atoms with Crippen molar-refractivity contribution < 1.29 is 19.1 Å². The maximum Gasteiger partial charge on any atom is 0.359 e. The number of hydrogen-bond donors (Lipinski definition) is 1. The van der Waals surface area contributed by atoms with Crippen LogP contribution in [0.15, 0.2) is 58.7 Å². The van der Waals surface area contributed by atoms with Crippen LogP contribution in [0.4, 0.5) is 5.00 Å². The number of aromatic nitrogens is 2. The Morgan fingerprint density at radius 3 is 2.58 bits per heavy atom. The van der Waals surface area contributed by atoms with Crippen LogP contribution in [-0.2, 0) is 9.53 Å². The third kappa shape index (κ3) is 5.42. The Morgan fingerprint density at radius 2 is 1.92 bits per heavy atom. The van der Waals surface area contributed by atoms with Crippen LogP contribution in [0.25, 0.3) is 16.5 Å². The lowest BCUT2D eigenvalue weighted by Crippen LogP contribution is -2.26. The minimum atomic E-state index is -0.679. The number of amides is 1. The molecule has 1 amide bonds. The zero-order chi connectivity index (χ0) is 25.8. The fourth-order valence-corrected chi connectivity index (χ4v) is 4.67. The Labute approximate surface area is 216 Å². The molecule has 2 heterocycles. The highest BCUT2D eigenvalue weighted by Crippen LogP contribution is 2.31. The van der Waals surface area contributed by atoms with Gasteiger partial charge >= 0.3 is 5.97 Å². The van der Waals surface area contributed by atoms with Gasteiger partial charge in [-0.3, -0.25) is 9.59 Å². The molecule has 1 N–H and O–H groups in total. The van der Waals surface area contributed by atoms with E-state index in [1.807, 2.05) is 24.3 Å². The van der Waals surface area contributed by atoms with E-state index in [9.17, 15) is 14.4 Å².